The second-order valence-electron chi connectivity index (χ2n) is 8.04. The summed E-state index contributed by atoms with van der Waals surface area (Å²) in [6.07, 6.45) is 4.37. The van der Waals surface area contributed by atoms with E-state index in [0.29, 0.717) is 41.6 Å². The number of aromatic nitrogens is 4. The fourth-order valence-corrected chi connectivity index (χ4v) is 4.32. The van der Waals surface area contributed by atoms with E-state index in [0.717, 1.165) is 25.0 Å². The first-order chi connectivity index (χ1) is 15.5. The number of imidazole rings is 1. The van der Waals surface area contributed by atoms with Gasteiger partial charge in [-0.15, -0.1) is 0 Å². The van der Waals surface area contributed by atoms with Gasteiger partial charge in [0.1, 0.15) is 22.7 Å². The maximum Gasteiger partial charge on any atom is 0.272 e. The van der Waals surface area contributed by atoms with Crippen molar-refractivity contribution in [1.29, 1.82) is 0 Å². The van der Waals surface area contributed by atoms with Crippen LogP contribution in [0.1, 0.15) is 29.0 Å². The van der Waals surface area contributed by atoms with Gasteiger partial charge in [0, 0.05) is 30.7 Å². The second-order valence-corrected chi connectivity index (χ2v) is 8.04. The van der Waals surface area contributed by atoms with E-state index in [-0.39, 0.29) is 17.4 Å². The summed E-state index contributed by atoms with van der Waals surface area (Å²) in [4.78, 5) is 27.8. The smallest absolute Gasteiger partial charge is 0.272 e. The molecule has 1 amide bonds. The van der Waals surface area contributed by atoms with E-state index < -0.39 is 5.82 Å². The van der Waals surface area contributed by atoms with Crippen molar-refractivity contribution in [2.24, 2.45) is 5.92 Å². The van der Waals surface area contributed by atoms with Crippen molar-refractivity contribution < 1.29 is 13.9 Å². The molecule has 1 aliphatic rings. The molecule has 4 aromatic rings. The lowest BCUT2D eigenvalue weighted by molar-refractivity contribution is 0.0683. The lowest BCUT2D eigenvalue weighted by Crippen LogP contribution is -2.39. The molecule has 3 aromatic heterocycles. The van der Waals surface area contributed by atoms with Crippen LogP contribution >= 0.6 is 0 Å². The van der Waals surface area contributed by atoms with E-state index in [2.05, 4.69) is 9.97 Å². The molecule has 1 fully saturated rings. The van der Waals surface area contributed by atoms with Gasteiger partial charge >= 0.3 is 0 Å². The summed E-state index contributed by atoms with van der Waals surface area (Å²) < 4.78 is 21.0. The largest absolute Gasteiger partial charge is 0.481 e. The van der Waals surface area contributed by atoms with Gasteiger partial charge in [-0.2, -0.15) is 0 Å². The van der Waals surface area contributed by atoms with E-state index >= 15 is 0 Å². The summed E-state index contributed by atoms with van der Waals surface area (Å²) in [6, 6.07) is 10.0. The molecule has 0 atom stereocenters. The van der Waals surface area contributed by atoms with Crippen molar-refractivity contribution in [3.8, 4) is 5.88 Å². The van der Waals surface area contributed by atoms with Gasteiger partial charge in [-0.1, -0.05) is 12.1 Å². The Balaban J connectivity index is 1.30. The number of anilines is 1. The van der Waals surface area contributed by atoms with E-state index in [4.69, 9.17) is 15.5 Å². The van der Waals surface area contributed by atoms with Crippen LogP contribution in [-0.2, 0) is 6.42 Å². The minimum absolute atomic E-state index is 0.0811. The number of piperidine rings is 1. The standard InChI is InChI=1S/C23H23FN6O2/c1-32-19-7-3-6-18(27-19)22(31)29-10-8-14(9-11-29)12-15-13-30-21(26-15)16-4-2-5-17(24)20(16)28-23(30)25/h2-7,13-14H,8-12H2,1H3,(H2,25,28). The molecule has 4 heterocycles. The Morgan fingerprint density at radius 2 is 1.94 bits per heavy atom. The molecule has 0 spiro atoms. The predicted molar refractivity (Wildman–Crippen MR) is 118 cm³/mol. The number of para-hydroxylation sites is 1. The number of likely N-dealkylation sites (tertiary alicyclic amines) is 1. The third-order valence-electron chi connectivity index (χ3n) is 6.01. The van der Waals surface area contributed by atoms with Crippen LogP contribution in [0, 0.1) is 11.7 Å². The SMILES string of the molecule is COc1cccc(C(=O)N2CCC(Cc3cn4c(N)nc5c(F)cccc5c4n3)CC2)n1. The van der Waals surface area contributed by atoms with Gasteiger partial charge in [-0.3, -0.25) is 9.20 Å². The molecule has 0 radical (unpaired) electrons. The third kappa shape index (κ3) is 3.59. The number of carbonyl (C=O) groups excluding carboxylic acids is 1. The van der Waals surface area contributed by atoms with E-state index in [1.165, 1.54) is 13.2 Å². The summed E-state index contributed by atoms with van der Waals surface area (Å²) in [5.41, 5.74) is 8.17. The van der Waals surface area contributed by atoms with Gasteiger partial charge in [-0.25, -0.2) is 19.3 Å². The first kappa shape index (κ1) is 20.2. The van der Waals surface area contributed by atoms with E-state index in [1.54, 1.807) is 34.7 Å². The Kier molecular flexibility index (Phi) is 5.08. The first-order valence-corrected chi connectivity index (χ1v) is 10.6. The zero-order valence-electron chi connectivity index (χ0n) is 17.7. The summed E-state index contributed by atoms with van der Waals surface area (Å²) in [5.74, 6) is 0.534. The number of methoxy groups -OCH3 is 1. The molecule has 164 valence electrons. The number of nitrogen functional groups attached to an aromatic ring is 1. The number of nitrogens with two attached hydrogens (primary N) is 1. The lowest BCUT2D eigenvalue weighted by atomic mass is 9.92. The topological polar surface area (TPSA) is 98.6 Å². The van der Waals surface area contributed by atoms with Crippen LogP contribution in [0.5, 0.6) is 5.88 Å². The highest BCUT2D eigenvalue weighted by Crippen LogP contribution is 2.26. The average Bonchev–Trinajstić information content (AvgIpc) is 3.25. The highest BCUT2D eigenvalue weighted by atomic mass is 19.1. The van der Waals surface area contributed by atoms with Crippen LogP contribution in [0.15, 0.2) is 42.6 Å². The lowest BCUT2D eigenvalue weighted by Gasteiger charge is -2.31. The summed E-state index contributed by atoms with van der Waals surface area (Å²) >= 11 is 0. The number of nitrogens with zero attached hydrogens (tertiary/aromatic N) is 5. The van der Waals surface area contributed by atoms with Crippen molar-refractivity contribution in [3.63, 3.8) is 0 Å². The van der Waals surface area contributed by atoms with Crippen molar-refractivity contribution >= 4 is 28.4 Å². The molecule has 2 N–H and O–H groups in total. The number of amides is 1. The number of benzene rings is 1. The number of fused-ring (bicyclic) bond motifs is 3. The van der Waals surface area contributed by atoms with Crippen LogP contribution in [0.2, 0.25) is 0 Å². The molecular weight excluding hydrogens is 411 g/mol. The van der Waals surface area contributed by atoms with Crippen LogP contribution in [0.3, 0.4) is 0 Å². The van der Waals surface area contributed by atoms with Crippen molar-refractivity contribution in [3.05, 3.63) is 59.8 Å². The zero-order valence-corrected chi connectivity index (χ0v) is 17.7. The Hall–Kier alpha value is -3.75. The minimum Gasteiger partial charge on any atom is -0.481 e. The number of hydrogen-bond donors (Lipinski definition) is 1. The monoisotopic (exact) mass is 434 g/mol. The zero-order chi connectivity index (χ0) is 22.2. The van der Waals surface area contributed by atoms with E-state index in [9.17, 15) is 9.18 Å². The van der Waals surface area contributed by atoms with Gasteiger partial charge in [0.15, 0.2) is 0 Å². The van der Waals surface area contributed by atoms with Crippen molar-refractivity contribution in [2.45, 2.75) is 19.3 Å². The number of halogens is 1. The highest BCUT2D eigenvalue weighted by Gasteiger charge is 2.25. The van der Waals surface area contributed by atoms with Gasteiger partial charge < -0.3 is 15.4 Å². The molecule has 0 aliphatic carbocycles. The number of rotatable bonds is 4. The molecule has 1 aromatic carbocycles. The quantitative estimate of drug-likeness (QED) is 0.530. The number of carbonyl (C=O) groups is 1. The van der Waals surface area contributed by atoms with Crippen LogP contribution in [0.4, 0.5) is 10.3 Å². The maximum atomic E-state index is 14.1. The normalized spacial score (nSPS) is 14.9. The number of pyridine rings is 1. The Bertz CT molecular complexity index is 1310. The predicted octanol–water partition coefficient (Wildman–Crippen LogP) is 3.10. The number of ether oxygens (including phenoxy) is 1. The van der Waals surface area contributed by atoms with Crippen molar-refractivity contribution in [1.82, 2.24) is 24.3 Å². The molecule has 8 nitrogen and oxygen atoms in total. The van der Waals surface area contributed by atoms with E-state index in [1.807, 2.05) is 11.1 Å². The van der Waals surface area contributed by atoms with Crippen LogP contribution < -0.4 is 10.5 Å². The Morgan fingerprint density at radius 3 is 2.72 bits per heavy atom. The molecule has 0 unspecified atom stereocenters. The fourth-order valence-electron chi connectivity index (χ4n) is 4.32. The second kappa shape index (κ2) is 8.07. The minimum atomic E-state index is -0.413. The molecule has 1 aliphatic heterocycles. The summed E-state index contributed by atoms with van der Waals surface area (Å²) in [7, 11) is 1.53. The molecule has 32 heavy (non-hydrogen) atoms. The van der Waals surface area contributed by atoms with Gasteiger partial charge in [0.25, 0.3) is 5.91 Å². The van der Waals surface area contributed by atoms with Crippen LogP contribution in [0.25, 0.3) is 16.6 Å². The molecule has 5 rings (SSSR count). The van der Waals surface area contributed by atoms with Crippen LogP contribution in [-0.4, -0.2) is 50.4 Å². The average molecular weight is 434 g/mol. The Labute approximate surface area is 183 Å². The molecule has 1 saturated heterocycles. The summed E-state index contributed by atoms with van der Waals surface area (Å²) in [5, 5.41) is 0.636. The third-order valence-corrected chi connectivity index (χ3v) is 6.01. The van der Waals surface area contributed by atoms with Gasteiger partial charge in [0.2, 0.25) is 11.8 Å². The van der Waals surface area contributed by atoms with Gasteiger partial charge in [-0.05, 0) is 43.4 Å². The first-order valence-electron chi connectivity index (χ1n) is 10.6. The Morgan fingerprint density at radius 1 is 1.16 bits per heavy atom. The fraction of sp³-hybridized carbons (Fsp3) is 0.304. The number of hydrogen-bond acceptors (Lipinski definition) is 6. The van der Waals surface area contributed by atoms with Crippen molar-refractivity contribution in [2.75, 3.05) is 25.9 Å². The molecular formula is C23H23FN6O2. The molecule has 0 saturated carbocycles. The molecule has 0 bridgehead atoms. The molecule has 9 heteroatoms. The maximum absolute atomic E-state index is 14.1. The summed E-state index contributed by atoms with van der Waals surface area (Å²) in [6.45, 7) is 1.32. The van der Waals surface area contributed by atoms with Gasteiger partial charge in [0.05, 0.1) is 12.8 Å². The highest BCUT2D eigenvalue weighted by molar-refractivity contribution is 5.93.